The number of piperidine rings is 1. The van der Waals surface area contributed by atoms with Crippen molar-refractivity contribution in [3.63, 3.8) is 0 Å². The summed E-state index contributed by atoms with van der Waals surface area (Å²) >= 11 is 0. The van der Waals surface area contributed by atoms with Gasteiger partial charge in [-0.05, 0) is 63.2 Å². The van der Waals surface area contributed by atoms with Crippen LogP contribution in [0, 0.1) is 11.6 Å². The second kappa shape index (κ2) is 8.56. The van der Waals surface area contributed by atoms with Gasteiger partial charge in [0.1, 0.15) is 23.3 Å². The number of aliphatic hydroxyl groups is 1. The van der Waals surface area contributed by atoms with Crippen molar-refractivity contribution in [1.29, 1.82) is 0 Å². The van der Waals surface area contributed by atoms with Gasteiger partial charge >= 0.3 is 0 Å². The first-order chi connectivity index (χ1) is 14.9. The van der Waals surface area contributed by atoms with E-state index in [4.69, 9.17) is 10.5 Å². The molecule has 162 valence electrons. The molecule has 0 saturated carbocycles. The van der Waals surface area contributed by atoms with Gasteiger partial charge in [-0.15, -0.1) is 0 Å². The van der Waals surface area contributed by atoms with Gasteiger partial charge in [0.2, 0.25) is 0 Å². The van der Waals surface area contributed by atoms with E-state index in [9.17, 15) is 13.9 Å². The first kappa shape index (κ1) is 21.1. The lowest BCUT2D eigenvalue weighted by Gasteiger charge is -2.32. The van der Waals surface area contributed by atoms with E-state index >= 15 is 0 Å². The van der Waals surface area contributed by atoms with E-state index in [1.54, 1.807) is 25.4 Å². The number of hydrogen-bond donors (Lipinski definition) is 3. The van der Waals surface area contributed by atoms with Crippen molar-refractivity contribution in [2.75, 3.05) is 18.8 Å². The predicted molar refractivity (Wildman–Crippen MR) is 113 cm³/mol. The fraction of sp³-hybridized carbons (Fsp3) is 0.304. The molecule has 1 unspecified atom stereocenters. The number of pyridine rings is 2. The molecule has 8 heteroatoms. The van der Waals surface area contributed by atoms with Crippen molar-refractivity contribution >= 4 is 5.82 Å². The fourth-order valence-corrected chi connectivity index (χ4v) is 3.72. The highest BCUT2D eigenvalue weighted by Gasteiger charge is 2.32. The van der Waals surface area contributed by atoms with Gasteiger partial charge in [0, 0.05) is 29.1 Å². The summed E-state index contributed by atoms with van der Waals surface area (Å²) < 4.78 is 33.4. The Morgan fingerprint density at radius 1 is 1.06 bits per heavy atom. The molecule has 6 nitrogen and oxygen atoms in total. The van der Waals surface area contributed by atoms with E-state index in [0.29, 0.717) is 24.1 Å². The highest BCUT2D eigenvalue weighted by Crippen LogP contribution is 2.33. The number of benzene rings is 1. The van der Waals surface area contributed by atoms with E-state index < -0.39 is 23.3 Å². The zero-order valence-corrected chi connectivity index (χ0v) is 17.1. The highest BCUT2D eigenvalue weighted by atomic mass is 19.1. The van der Waals surface area contributed by atoms with Crippen LogP contribution in [0.2, 0.25) is 0 Å². The van der Waals surface area contributed by atoms with Crippen molar-refractivity contribution in [1.82, 2.24) is 15.3 Å². The van der Waals surface area contributed by atoms with Gasteiger partial charge in [0.05, 0.1) is 5.69 Å². The van der Waals surface area contributed by atoms with Crippen molar-refractivity contribution in [3.05, 3.63) is 71.7 Å². The van der Waals surface area contributed by atoms with Crippen LogP contribution in [0.3, 0.4) is 0 Å². The third-order valence-electron chi connectivity index (χ3n) is 5.59. The molecule has 1 saturated heterocycles. The van der Waals surface area contributed by atoms with Crippen molar-refractivity contribution in [2.45, 2.75) is 31.5 Å². The predicted octanol–water partition coefficient (Wildman–Crippen LogP) is 3.72. The van der Waals surface area contributed by atoms with E-state index in [2.05, 4.69) is 15.3 Å². The van der Waals surface area contributed by atoms with Crippen LogP contribution < -0.4 is 15.8 Å². The smallest absolute Gasteiger partial charge is 0.166 e. The molecule has 2 aromatic heterocycles. The number of nitrogens with two attached hydrogens (primary N) is 1. The Kier molecular flexibility index (Phi) is 5.84. The fourth-order valence-electron chi connectivity index (χ4n) is 3.72. The molecule has 31 heavy (non-hydrogen) atoms. The molecule has 1 aromatic carbocycles. The summed E-state index contributed by atoms with van der Waals surface area (Å²) in [5, 5.41) is 14.1. The first-order valence-corrected chi connectivity index (χ1v) is 10.1. The number of halogens is 2. The lowest BCUT2D eigenvalue weighted by Crippen LogP contribution is -2.40. The Morgan fingerprint density at radius 3 is 2.52 bits per heavy atom. The van der Waals surface area contributed by atoms with Gasteiger partial charge in [0.25, 0.3) is 0 Å². The topological polar surface area (TPSA) is 93.3 Å². The van der Waals surface area contributed by atoms with Gasteiger partial charge in [0.15, 0.2) is 11.6 Å². The minimum Gasteiger partial charge on any atom is -0.482 e. The summed E-state index contributed by atoms with van der Waals surface area (Å²) in [6, 6.07) is 8.57. The molecule has 1 atom stereocenters. The first-order valence-electron chi connectivity index (χ1n) is 10.1. The van der Waals surface area contributed by atoms with Crippen LogP contribution in [0.5, 0.6) is 5.75 Å². The molecule has 1 aliphatic rings. The molecule has 1 fully saturated rings. The SMILES string of the molecule is CC(Oc1cc(-c2ccc(C3(O)CCNCC3)nc2)cnc1N)c1cc(F)ccc1F. The number of ether oxygens (including phenoxy) is 1. The number of nitrogens with zero attached hydrogens (tertiary/aromatic N) is 2. The number of rotatable bonds is 5. The molecule has 3 aromatic rings. The lowest BCUT2D eigenvalue weighted by atomic mass is 9.88. The molecule has 0 aliphatic carbocycles. The van der Waals surface area contributed by atoms with Crippen LogP contribution in [0.1, 0.15) is 37.1 Å². The zero-order chi connectivity index (χ0) is 22.0. The number of nitrogen functional groups attached to an aromatic ring is 1. The summed E-state index contributed by atoms with van der Waals surface area (Å²) in [6.45, 7) is 3.10. The van der Waals surface area contributed by atoms with Crippen LogP contribution in [-0.4, -0.2) is 28.2 Å². The summed E-state index contributed by atoms with van der Waals surface area (Å²) in [4.78, 5) is 8.63. The van der Waals surface area contributed by atoms with Crippen LogP contribution in [0.4, 0.5) is 14.6 Å². The minimum atomic E-state index is -0.929. The van der Waals surface area contributed by atoms with Crippen LogP contribution in [0.25, 0.3) is 11.1 Å². The van der Waals surface area contributed by atoms with Crippen LogP contribution >= 0.6 is 0 Å². The summed E-state index contributed by atoms with van der Waals surface area (Å²) in [7, 11) is 0. The molecule has 0 spiro atoms. The summed E-state index contributed by atoms with van der Waals surface area (Å²) in [5.41, 5.74) is 7.20. The Labute approximate surface area is 179 Å². The summed E-state index contributed by atoms with van der Waals surface area (Å²) in [5.74, 6) is -0.712. The Bertz CT molecular complexity index is 1070. The summed E-state index contributed by atoms with van der Waals surface area (Å²) in [6.07, 6.45) is 3.70. The van der Waals surface area contributed by atoms with Crippen LogP contribution in [0.15, 0.2) is 48.8 Å². The molecule has 3 heterocycles. The maximum absolute atomic E-state index is 14.1. The molecule has 1 aliphatic heterocycles. The molecule has 4 rings (SSSR count). The van der Waals surface area contributed by atoms with Crippen LogP contribution in [-0.2, 0) is 5.60 Å². The molecule has 0 amide bonds. The Hall–Kier alpha value is -3.10. The number of aromatic nitrogens is 2. The van der Waals surface area contributed by atoms with Gasteiger partial charge in [-0.2, -0.15) is 0 Å². The third kappa shape index (κ3) is 4.50. The largest absolute Gasteiger partial charge is 0.482 e. The van der Waals surface area contributed by atoms with Gasteiger partial charge in [-0.1, -0.05) is 6.07 Å². The van der Waals surface area contributed by atoms with Crippen molar-refractivity contribution in [3.8, 4) is 16.9 Å². The van der Waals surface area contributed by atoms with E-state index in [-0.39, 0.29) is 17.1 Å². The maximum atomic E-state index is 14.1. The quantitative estimate of drug-likeness (QED) is 0.576. The molecular formula is C23H24F2N4O2. The van der Waals surface area contributed by atoms with Crippen molar-refractivity contribution < 1.29 is 18.6 Å². The number of nitrogens with one attached hydrogen (secondary N) is 1. The minimum absolute atomic E-state index is 0.0889. The molecule has 4 N–H and O–H groups in total. The van der Waals surface area contributed by atoms with E-state index in [1.165, 1.54) is 0 Å². The maximum Gasteiger partial charge on any atom is 0.166 e. The average Bonchev–Trinajstić information content (AvgIpc) is 2.77. The van der Waals surface area contributed by atoms with E-state index in [1.807, 2.05) is 12.1 Å². The second-order valence-electron chi connectivity index (χ2n) is 7.75. The van der Waals surface area contributed by atoms with Gasteiger partial charge in [-0.3, -0.25) is 4.98 Å². The zero-order valence-electron chi connectivity index (χ0n) is 17.1. The number of anilines is 1. The third-order valence-corrected chi connectivity index (χ3v) is 5.59. The number of hydrogen-bond acceptors (Lipinski definition) is 6. The van der Waals surface area contributed by atoms with Gasteiger partial charge in [-0.25, -0.2) is 13.8 Å². The average molecular weight is 426 g/mol. The highest BCUT2D eigenvalue weighted by molar-refractivity contribution is 5.66. The van der Waals surface area contributed by atoms with Gasteiger partial charge < -0.3 is 20.9 Å². The van der Waals surface area contributed by atoms with Crippen molar-refractivity contribution in [2.24, 2.45) is 0 Å². The lowest BCUT2D eigenvalue weighted by molar-refractivity contribution is 0.00190. The molecule has 0 radical (unpaired) electrons. The Balaban J connectivity index is 1.57. The Morgan fingerprint density at radius 2 is 1.81 bits per heavy atom. The standard InChI is InChI=1S/C23H24F2N4O2/c1-14(18-11-17(24)3-4-19(18)25)31-20-10-16(13-29-22(20)26)15-2-5-21(28-12-15)23(30)6-8-27-9-7-23/h2-5,10-14,27,30H,6-9H2,1H3,(H2,26,29). The monoisotopic (exact) mass is 426 g/mol. The molecule has 0 bridgehead atoms. The molecular weight excluding hydrogens is 402 g/mol. The second-order valence-corrected chi connectivity index (χ2v) is 7.75. The van der Waals surface area contributed by atoms with E-state index in [0.717, 1.165) is 36.9 Å². The normalized spacial score (nSPS) is 16.6.